The molecular formula is C11H11BrN2O. The second-order valence-electron chi connectivity index (χ2n) is 3.11. The number of aromatic nitrogens is 1. The Hall–Kier alpha value is -1.29. The summed E-state index contributed by atoms with van der Waals surface area (Å²) in [5, 5.41) is 3.30. The van der Waals surface area contributed by atoms with E-state index in [1.54, 1.807) is 18.7 Å². The van der Waals surface area contributed by atoms with Gasteiger partial charge in [0.1, 0.15) is 5.76 Å². The van der Waals surface area contributed by atoms with Crippen LogP contribution >= 0.6 is 15.9 Å². The third-order valence-electron chi connectivity index (χ3n) is 2.04. The van der Waals surface area contributed by atoms with Crippen molar-refractivity contribution in [2.24, 2.45) is 0 Å². The van der Waals surface area contributed by atoms with E-state index in [0.717, 1.165) is 28.9 Å². The SMILES string of the molecule is Brc1cnccc1NCCc1ccco1. The molecule has 1 N–H and O–H groups in total. The zero-order valence-corrected chi connectivity index (χ0v) is 9.70. The Labute approximate surface area is 96.6 Å². The molecule has 0 spiro atoms. The number of nitrogens with one attached hydrogen (secondary N) is 1. The van der Waals surface area contributed by atoms with Gasteiger partial charge in [-0.3, -0.25) is 4.98 Å². The smallest absolute Gasteiger partial charge is 0.105 e. The highest BCUT2D eigenvalue weighted by Crippen LogP contribution is 2.19. The Morgan fingerprint density at radius 2 is 2.33 bits per heavy atom. The molecule has 0 atom stereocenters. The fourth-order valence-electron chi connectivity index (χ4n) is 1.29. The molecule has 3 nitrogen and oxygen atoms in total. The molecule has 0 radical (unpaired) electrons. The minimum absolute atomic E-state index is 0.843. The van der Waals surface area contributed by atoms with Crippen LogP contribution in [0.1, 0.15) is 5.76 Å². The van der Waals surface area contributed by atoms with Crippen molar-refractivity contribution in [2.75, 3.05) is 11.9 Å². The van der Waals surface area contributed by atoms with E-state index in [4.69, 9.17) is 4.42 Å². The van der Waals surface area contributed by atoms with Crippen LogP contribution in [0.25, 0.3) is 0 Å². The van der Waals surface area contributed by atoms with Gasteiger partial charge in [-0.2, -0.15) is 0 Å². The molecule has 0 aromatic carbocycles. The zero-order chi connectivity index (χ0) is 10.5. The molecule has 4 heteroatoms. The number of halogens is 1. The van der Waals surface area contributed by atoms with Crippen molar-refractivity contribution in [3.05, 3.63) is 47.1 Å². The van der Waals surface area contributed by atoms with Crippen molar-refractivity contribution in [2.45, 2.75) is 6.42 Å². The lowest BCUT2D eigenvalue weighted by molar-refractivity contribution is 0.513. The quantitative estimate of drug-likeness (QED) is 0.925. The molecule has 0 bridgehead atoms. The maximum absolute atomic E-state index is 5.24. The van der Waals surface area contributed by atoms with Crippen molar-refractivity contribution >= 4 is 21.6 Å². The third kappa shape index (κ3) is 2.83. The molecule has 0 saturated heterocycles. The van der Waals surface area contributed by atoms with Gasteiger partial charge in [0.2, 0.25) is 0 Å². The Balaban J connectivity index is 1.86. The monoisotopic (exact) mass is 266 g/mol. The summed E-state index contributed by atoms with van der Waals surface area (Å²) in [5.41, 5.74) is 1.05. The molecule has 15 heavy (non-hydrogen) atoms. The molecule has 0 aliphatic carbocycles. The van der Waals surface area contributed by atoms with Crippen molar-refractivity contribution in [1.29, 1.82) is 0 Å². The van der Waals surface area contributed by atoms with E-state index in [1.807, 2.05) is 18.2 Å². The van der Waals surface area contributed by atoms with E-state index >= 15 is 0 Å². The first-order valence-electron chi connectivity index (χ1n) is 4.72. The summed E-state index contributed by atoms with van der Waals surface area (Å²) in [5.74, 6) is 0.993. The van der Waals surface area contributed by atoms with Gasteiger partial charge in [0, 0.05) is 25.4 Å². The molecule has 0 aliphatic rings. The summed E-state index contributed by atoms with van der Waals surface area (Å²) in [6.07, 6.45) is 6.11. The fraction of sp³-hybridized carbons (Fsp3) is 0.182. The minimum atomic E-state index is 0.843. The minimum Gasteiger partial charge on any atom is -0.469 e. The molecule has 2 heterocycles. The Kier molecular flexibility index (Phi) is 3.40. The molecule has 0 unspecified atom stereocenters. The van der Waals surface area contributed by atoms with E-state index in [-0.39, 0.29) is 0 Å². The predicted octanol–water partition coefficient (Wildman–Crippen LogP) is 3.09. The number of furan rings is 1. The fourth-order valence-corrected chi connectivity index (χ4v) is 1.68. The van der Waals surface area contributed by atoms with Crippen LogP contribution in [0, 0.1) is 0 Å². The van der Waals surface area contributed by atoms with Gasteiger partial charge < -0.3 is 9.73 Å². The van der Waals surface area contributed by atoms with Crippen molar-refractivity contribution in [3.63, 3.8) is 0 Å². The Morgan fingerprint density at radius 1 is 1.40 bits per heavy atom. The van der Waals surface area contributed by atoms with Gasteiger partial charge in [-0.15, -0.1) is 0 Å². The summed E-state index contributed by atoms with van der Waals surface area (Å²) in [7, 11) is 0. The normalized spacial score (nSPS) is 10.2. The van der Waals surface area contributed by atoms with E-state index in [0.29, 0.717) is 0 Å². The van der Waals surface area contributed by atoms with Crippen LogP contribution in [0.15, 0.2) is 45.7 Å². The molecule has 0 fully saturated rings. The highest BCUT2D eigenvalue weighted by Gasteiger charge is 1.99. The van der Waals surface area contributed by atoms with Gasteiger partial charge in [-0.05, 0) is 34.1 Å². The lowest BCUT2D eigenvalue weighted by Gasteiger charge is -2.06. The highest BCUT2D eigenvalue weighted by molar-refractivity contribution is 9.10. The van der Waals surface area contributed by atoms with Crippen LogP contribution in [0.5, 0.6) is 0 Å². The number of hydrogen-bond donors (Lipinski definition) is 1. The average molecular weight is 267 g/mol. The number of hydrogen-bond acceptors (Lipinski definition) is 3. The van der Waals surface area contributed by atoms with Gasteiger partial charge in [0.05, 0.1) is 16.4 Å². The van der Waals surface area contributed by atoms with Gasteiger partial charge >= 0.3 is 0 Å². The molecule has 2 rings (SSSR count). The lowest BCUT2D eigenvalue weighted by Crippen LogP contribution is -2.04. The summed E-state index contributed by atoms with van der Waals surface area (Å²) in [6, 6.07) is 5.81. The van der Waals surface area contributed by atoms with Gasteiger partial charge in [-0.25, -0.2) is 0 Å². The highest BCUT2D eigenvalue weighted by atomic mass is 79.9. The topological polar surface area (TPSA) is 38.1 Å². The molecular weight excluding hydrogens is 256 g/mol. The lowest BCUT2D eigenvalue weighted by atomic mass is 10.3. The Bertz CT molecular complexity index is 414. The van der Waals surface area contributed by atoms with Gasteiger partial charge in [0.25, 0.3) is 0 Å². The Morgan fingerprint density at radius 3 is 3.07 bits per heavy atom. The molecule has 2 aromatic heterocycles. The van der Waals surface area contributed by atoms with Crippen molar-refractivity contribution in [3.8, 4) is 0 Å². The van der Waals surface area contributed by atoms with E-state index in [1.165, 1.54) is 0 Å². The largest absolute Gasteiger partial charge is 0.469 e. The zero-order valence-electron chi connectivity index (χ0n) is 8.11. The van der Waals surface area contributed by atoms with Crippen LogP contribution in [-0.2, 0) is 6.42 Å². The maximum atomic E-state index is 5.24. The van der Waals surface area contributed by atoms with E-state index in [9.17, 15) is 0 Å². The van der Waals surface area contributed by atoms with Gasteiger partial charge in [-0.1, -0.05) is 0 Å². The first kappa shape index (κ1) is 10.2. The second-order valence-corrected chi connectivity index (χ2v) is 3.97. The standard InChI is InChI=1S/C11H11BrN2O/c12-10-8-13-5-4-11(10)14-6-3-9-2-1-7-15-9/h1-2,4-5,7-8H,3,6H2,(H,13,14). The summed E-state index contributed by atoms with van der Waals surface area (Å²) >= 11 is 3.43. The van der Waals surface area contributed by atoms with Crippen LogP contribution < -0.4 is 5.32 Å². The predicted molar refractivity (Wildman–Crippen MR) is 62.8 cm³/mol. The van der Waals surface area contributed by atoms with E-state index in [2.05, 4.69) is 26.2 Å². The summed E-state index contributed by atoms with van der Waals surface area (Å²) in [4.78, 5) is 4.00. The third-order valence-corrected chi connectivity index (χ3v) is 2.67. The first-order chi connectivity index (χ1) is 7.36. The van der Waals surface area contributed by atoms with E-state index < -0.39 is 0 Å². The van der Waals surface area contributed by atoms with Crippen LogP contribution in [0.4, 0.5) is 5.69 Å². The second kappa shape index (κ2) is 4.98. The average Bonchev–Trinajstić information content (AvgIpc) is 2.74. The number of nitrogens with zero attached hydrogens (tertiary/aromatic N) is 1. The summed E-state index contributed by atoms with van der Waals surface area (Å²) < 4.78 is 6.21. The number of rotatable bonds is 4. The first-order valence-corrected chi connectivity index (χ1v) is 5.51. The molecule has 2 aromatic rings. The van der Waals surface area contributed by atoms with Crippen LogP contribution in [-0.4, -0.2) is 11.5 Å². The van der Waals surface area contributed by atoms with Crippen LogP contribution in [0.3, 0.4) is 0 Å². The van der Waals surface area contributed by atoms with Gasteiger partial charge in [0.15, 0.2) is 0 Å². The maximum Gasteiger partial charge on any atom is 0.105 e. The van der Waals surface area contributed by atoms with Crippen molar-refractivity contribution < 1.29 is 4.42 Å². The van der Waals surface area contributed by atoms with Crippen LogP contribution in [0.2, 0.25) is 0 Å². The number of anilines is 1. The summed E-state index contributed by atoms with van der Waals surface area (Å²) in [6.45, 7) is 0.843. The molecule has 0 amide bonds. The molecule has 0 saturated carbocycles. The van der Waals surface area contributed by atoms with Crippen molar-refractivity contribution in [1.82, 2.24) is 4.98 Å². The molecule has 0 aliphatic heterocycles. The number of pyridine rings is 1. The molecule has 78 valence electrons.